The van der Waals surface area contributed by atoms with Gasteiger partial charge >= 0.3 is 0 Å². The van der Waals surface area contributed by atoms with Gasteiger partial charge in [-0.2, -0.15) is 0 Å². The van der Waals surface area contributed by atoms with Crippen molar-refractivity contribution in [1.82, 2.24) is 5.32 Å². The van der Waals surface area contributed by atoms with Gasteiger partial charge in [-0.15, -0.1) is 0 Å². The van der Waals surface area contributed by atoms with Crippen molar-refractivity contribution in [1.29, 1.82) is 0 Å². The highest BCUT2D eigenvalue weighted by Crippen LogP contribution is 2.26. The zero-order valence-corrected chi connectivity index (χ0v) is 11.1. The maximum atomic E-state index is 12.7. The summed E-state index contributed by atoms with van der Waals surface area (Å²) in [5.74, 6) is 0.179. The molecule has 1 aromatic rings. The average Bonchev–Trinajstić information content (AvgIpc) is 2.78. The van der Waals surface area contributed by atoms with E-state index >= 15 is 0 Å². The third-order valence-electron chi connectivity index (χ3n) is 3.81. The number of amides is 1. The van der Waals surface area contributed by atoms with Crippen LogP contribution in [0.2, 0.25) is 0 Å². The van der Waals surface area contributed by atoms with Gasteiger partial charge in [-0.1, -0.05) is 18.6 Å². The average molecular weight is 264 g/mol. The predicted molar refractivity (Wildman–Crippen MR) is 73.0 cm³/mol. The smallest absolute Gasteiger partial charge is 0.220 e. The van der Waals surface area contributed by atoms with Gasteiger partial charge in [0.2, 0.25) is 5.91 Å². The fourth-order valence-corrected chi connectivity index (χ4v) is 2.63. The monoisotopic (exact) mass is 264 g/mol. The van der Waals surface area contributed by atoms with Crippen LogP contribution in [0.15, 0.2) is 24.3 Å². The second kappa shape index (κ2) is 6.66. The Bertz CT molecular complexity index is 419. The van der Waals surface area contributed by atoms with Crippen molar-refractivity contribution in [2.45, 2.75) is 38.1 Å². The zero-order chi connectivity index (χ0) is 13.7. The molecule has 1 aliphatic carbocycles. The first-order chi connectivity index (χ1) is 9.15. The predicted octanol–water partition coefficient (Wildman–Crippen LogP) is 2.00. The normalized spacial score (nSPS) is 22.4. The Balaban J connectivity index is 1.67. The molecule has 0 radical (unpaired) electrons. The Morgan fingerprint density at radius 2 is 2.05 bits per heavy atom. The van der Waals surface area contributed by atoms with E-state index < -0.39 is 0 Å². The number of hydrogen-bond donors (Lipinski definition) is 2. The summed E-state index contributed by atoms with van der Waals surface area (Å²) in [6.07, 6.45) is 4.49. The summed E-state index contributed by atoms with van der Waals surface area (Å²) in [4.78, 5) is 11.8. The van der Waals surface area contributed by atoms with Crippen molar-refractivity contribution >= 4 is 5.91 Å². The molecule has 1 aromatic carbocycles. The molecule has 1 aliphatic rings. The lowest BCUT2D eigenvalue weighted by atomic mass is 10.00. The molecular weight excluding hydrogens is 243 g/mol. The highest BCUT2D eigenvalue weighted by molar-refractivity contribution is 5.76. The minimum absolute atomic E-state index is 0.0736. The Morgan fingerprint density at radius 1 is 1.32 bits per heavy atom. The quantitative estimate of drug-likeness (QED) is 0.854. The summed E-state index contributed by atoms with van der Waals surface area (Å²) in [6, 6.07) is 6.55. The van der Waals surface area contributed by atoms with E-state index in [-0.39, 0.29) is 17.8 Å². The van der Waals surface area contributed by atoms with E-state index in [4.69, 9.17) is 5.73 Å². The molecule has 1 saturated carbocycles. The molecule has 0 aliphatic heterocycles. The summed E-state index contributed by atoms with van der Waals surface area (Å²) in [5, 5.41) is 2.90. The number of nitrogens with two attached hydrogens (primary N) is 1. The molecule has 4 heteroatoms. The first-order valence-electron chi connectivity index (χ1n) is 6.92. The van der Waals surface area contributed by atoms with E-state index in [1.165, 1.54) is 12.1 Å². The van der Waals surface area contributed by atoms with Crippen molar-refractivity contribution in [3.05, 3.63) is 35.6 Å². The van der Waals surface area contributed by atoms with Crippen LogP contribution >= 0.6 is 0 Å². The summed E-state index contributed by atoms with van der Waals surface area (Å²) in [6.45, 7) is 0.590. The molecule has 0 spiro atoms. The maximum absolute atomic E-state index is 12.7. The number of halogens is 1. The van der Waals surface area contributed by atoms with Gasteiger partial charge in [0.1, 0.15) is 5.82 Å². The molecule has 3 N–H and O–H groups in total. The largest absolute Gasteiger partial charge is 0.356 e. The van der Waals surface area contributed by atoms with E-state index in [0.717, 1.165) is 31.2 Å². The summed E-state index contributed by atoms with van der Waals surface area (Å²) < 4.78 is 12.7. The van der Waals surface area contributed by atoms with Gasteiger partial charge in [0.15, 0.2) is 0 Å². The standard InChI is InChI=1S/C15H21FN2O/c16-13-6-4-11(5-7-13)8-9-18-15(19)10-12-2-1-3-14(12)17/h4-7,12,14H,1-3,8-10,17H2,(H,18,19)/t12-,14+/m0/s1. The fraction of sp³-hybridized carbons (Fsp3) is 0.533. The molecule has 1 fully saturated rings. The van der Waals surface area contributed by atoms with Crippen molar-refractivity contribution < 1.29 is 9.18 Å². The van der Waals surface area contributed by atoms with Crippen LogP contribution in [0, 0.1) is 11.7 Å². The van der Waals surface area contributed by atoms with E-state index in [1.807, 2.05) is 0 Å². The van der Waals surface area contributed by atoms with E-state index in [0.29, 0.717) is 18.9 Å². The van der Waals surface area contributed by atoms with Crippen molar-refractivity contribution in [3.63, 3.8) is 0 Å². The maximum Gasteiger partial charge on any atom is 0.220 e. The summed E-state index contributed by atoms with van der Waals surface area (Å²) >= 11 is 0. The van der Waals surface area contributed by atoms with E-state index in [2.05, 4.69) is 5.32 Å². The molecule has 0 aromatic heterocycles. The lowest BCUT2D eigenvalue weighted by Crippen LogP contribution is -2.32. The molecule has 0 heterocycles. The second-order valence-corrected chi connectivity index (χ2v) is 5.29. The first kappa shape index (κ1) is 14.0. The third-order valence-corrected chi connectivity index (χ3v) is 3.81. The lowest BCUT2D eigenvalue weighted by molar-refractivity contribution is -0.122. The molecule has 0 bridgehead atoms. The minimum Gasteiger partial charge on any atom is -0.356 e. The molecule has 3 nitrogen and oxygen atoms in total. The van der Waals surface area contributed by atoms with Crippen LogP contribution < -0.4 is 11.1 Å². The molecule has 0 unspecified atom stereocenters. The van der Waals surface area contributed by atoms with Crippen LogP contribution in [0.25, 0.3) is 0 Å². The second-order valence-electron chi connectivity index (χ2n) is 5.29. The van der Waals surface area contributed by atoms with Gasteiger partial charge in [-0.25, -0.2) is 4.39 Å². The van der Waals surface area contributed by atoms with Gasteiger partial charge in [0.25, 0.3) is 0 Å². The minimum atomic E-state index is -0.233. The van der Waals surface area contributed by atoms with Gasteiger partial charge < -0.3 is 11.1 Å². The number of hydrogen-bond acceptors (Lipinski definition) is 2. The van der Waals surface area contributed by atoms with Gasteiger partial charge in [0.05, 0.1) is 0 Å². The van der Waals surface area contributed by atoms with Crippen molar-refractivity contribution in [2.24, 2.45) is 11.7 Å². The zero-order valence-electron chi connectivity index (χ0n) is 11.1. The summed E-state index contributed by atoms with van der Waals surface area (Å²) in [5.41, 5.74) is 6.97. The summed E-state index contributed by atoms with van der Waals surface area (Å²) in [7, 11) is 0. The Labute approximate surface area is 113 Å². The van der Waals surface area contributed by atoms with Gasteiger partial charge in [0, 0.05) is 19.0 Å². The molecule has 104 valence electrons. The molecular formula is C15H21FN2O. The van der Waals surface area contributed by atoms with Gasteiger partial charge in [-0.3, -0.25) is 4.79 Å². The number of carbonyl (C=O) groups excluding carboxylic acids is 1. The van der Waals surface area contributed by atoms with Crippen LogP contribution in [0.4, 0.5) is 4.39 Å². The van der Waals surface area contributed by atoms with Crippen molar-refractivity contribution in [3.8, 4) is 0 Å². The number of rotatable bonds is 5. The van der Waals surface area contributed by atoms with Crippen LogP contribution in [0.1, 0.15) is 31.2 Å². The van der Waals surface area contributed by atoms with E-state index in [1.54, 1.807) is 12.1 Å². The molecule has 2 atom stereocenters. The van der Waals surface area contributed by atoms with Crippen molar-refractivity contribution in [2.75, 3.05) is 6.54 Å². The number of nitrogens with one attached hydrogen (secondary N) is 1. The molecule has 2 rings (SSSR count). The van der Waals surface area contributed by atoms with Gasteiger partial charge in [-0.05, 0) is 42.9 Å². The topological polar surface area (TPSA) is 55.1 Å². The highest BCUT2D eigenvalue weighted by atomic mass is 19.1. The van der Waals surface area contributed by atoms with E-state index in [9.17, 15) is 9.18 Å². The Hall–Kier alpha value is -1.42. The van der Waals surface area contributed by atoms with Crippen LogP contribution in [0.5, 0.6) is 0 Å². The molecule has 19 heavy (non-hydrogen) atoms. The van der Waals surface area contributed by atoms with Crippen LogP contribution in [0.3, 0.4) is 0 Å². The number of benzene rings is 1. The lowest BCUT2D eigenvalue weighted by Gasteiger charge is -2.14. The Morgan fingerprint density at radius 3 is 2.68 bits per heavy atom. The SMILES string of the molecule is N[C@@H]1CCC[C@H]1CC(=O)NCCc1ccc(F)cc1. The molecule has 1 amide bonds. The highest BCUT2D eigenvalue weighted by Gasteiger charge is 2.25. The van der Waals surface area contributed by atoms with Crippen LogP contribution in [-0.2, 0) is 11.2 Å². The fourth-order valence-electron chi connectivity index (χ4n) is 2.63. The first-order valence-corrected chi connectivity index (χ1v) is 6.92. The molecule has 0 saturated heterocycles. The number of carbonyl (C=O) groups is 1. The third kappa shape index (κ3) is 4.31. The Kier molecular flexibility index (Phi) is 4.91. The van der Waals surface area contributed by atoms with Crippen LogP contribution in [-0.4, -0.2) is 18.5 Å².